The monoisotopic (exact) mass is 427 g/mol. The molecule has 0 fully saturated rings. The maximum atomic E-state index is 13.3. The first-order valence-corrected chi connectivity index (χ1v) is 9.49. The minimum Gasteiger partial charge on any atom is -0.507 e. The Morgan fingerprint density at radius 1 is 1.13 bits per heavy atom. The largest absolute Gasteiger partial charge is 0.507 e. The Bertz CT molecular complexity index is 1150. The minimum atomic E-state index is -1.06. The molecule has 3 rings (SSSR count). The molecule has 1 heterocycles. The van der Waals surface area contributed by atoms with E-state index in [1.807, 2.05) is 0 Å². The van der Waals surface area contributed by atoms with Crippen molar-refractivity contribution in [3.63, 3.8) is 0 Å². The second-order valence-corrected chi connectivity index (χ2v) is 6.64. The molecule has 7 nitrogen and oxygen atoms in total. The lowest BCUT2D eigenvalue weighted by Gasteiger charge is -2.11. The first kappa shape index (κ1) is 21.9. The molecule has 0 amide bonds. The highest BCUT2D eigenvalue weighted by atomic mass is 19.1. The number of hydrogen-bond acceptors (Lipinski definition) is 6. The first-order chi connectivity index (χ1) is 14.9. The van der Waals surface area contributed by atoms with E-state index in [0.717, 1.165) is 11.6 Å². The maximum absolute atomic E-state index is 13.3. The molecule has 0 aliphatic carbocycles. The van der Waals surface area contributed by atoms with Crippen molar-refractivity contribution >= 4 is 28.4 Å². The number of rotatable bonds is 8. The summed E-state index contributed by atoms with van der Waals surface area (Å²) in [5, 5.41) is 11.2. The summed E-state index contributed by atoms with van der Waals surface area (Å²) in [5.74, 6) is -1.83. The number of methoxy groups -OCH3 is 2. The molecule has 3 aromatic rings. The third kappa shape index (κ3) is 4.69. The van der Waals surface area contributed by atoms with Gasteiger partial charge in [-0.2, -0.15) is 0 Å². The molecule has 0 bridgehead atoms. The molecule has 8 heteroatoms. The predicted molar refractivity (Wildman–Crippen MR) is 113 cm³/mol. The van der Waals surface area contributed by atoms with Crippen molar-refractivity contribution in [1.82, 2.24) is 4.57 Å². The fourth-order valence-electron chi connectivity index (χ4n) is 3.23. The van der Waals surface area contributed by atoms with Crippen LogP contribution in [0.3, 0.4) is 0 Å². The second kappa shape index (κ2) is 9.34. The van der Waals surface area contributed by atoms with Crippen molar-refractivity contribution in [2.75, 3.05) is 20.8 Å². The Balaban J connectivity index is 2.15. The summed E-state index contributed by atoms with van der Waals surface area (Å²) in [4.78, 5) is 23.7. The summed E-state index contributed by atoms with van der Waals surface area (Å²) in [7, 11) is 3.00. The van der Waals surface area contributed by atoms with Gasteiger partial charge < -0.3 is 23.9 Å². The Morgan fingerprint density at radius 3 is 2.45 bits per heavy atom. The lowest BCUT2D eigenvalue weighted by atomic mass is 10.1. The normalized spacial score (nSPS) is 11.4. The molecular weight excluding hydrogens is 405 g/mol. The molecule has 0 aliphatic rings. The van der Waals surface area contributed by atoms with E-state index in [1.165, 1.54) is 26.4 Å². The van der Waals surface area contributed by atoms with Crippen LogP contribution in [-0.2, 0) is 20.9 Å². The number of ketones is 1. The smallest absolute Gasteiger partial charge is 0.379 e. The molecule has 0 unspecified atom stereocenters. The average Bonchev–Trinajstić information content (AvgIpc) is 3.13. The van der Waals surface area contributed by atoms with Crippen LogP contribution in [0, 0.1) is 5.82 Å². The van der Waals surface area contributed by atoms with Crippen molar-refractivity contribution in [3.8, 4) is 11.5 Å². The van der Waals surface area contributed by atoms with Gasteiger partial charge in [-0.1, -0.05) is 12.1 Å². The van der Waals surface area contributed by atoms with E-state index in [9.17, 15) is 19.1 Å². The number of halogens is 1. The fraction of sp³-hybridized carbons (Fsp3) is 0.217. The van der Waals surface area contributed by atoms with Gasteiger partial charge in [-0.25, -0.2) is 9.18 Å². The standard InChI is InChI=1S/C23H22FNO6/c1-4-31-23(28)20(27)11-19(26)18-13-25(12-14-5-7-15(24)8-6-14)22-17(18)9-16(29-2)10-21(22)30-3/h5-11,13,26H,4,12H2,1-3H3. The van der Waals surface area contributed by atoms with Crippen molar-refractivity contribution in [1.29, 1.82) is 0 Å². The topological polar surface area (TPSA) is 87.0 Å². The number of nitrogens with zero attached hydrogens (tertiary/aromatic N) is 1. The van der Waals surface area contributed by atoms with Gasteiger partial charge in [0.15, 0.2) is 0 Å². The van der Waals surface area contributed by atoms with E-state index in [-0.39, 0.29) is 12.4 Å². The first-order valence-electron chi connectivity index (χ1n) is 9.49. The zero-order valence-corrected chi connectivity index (χ0v) is 17.3. The molecule has 162 valence electrons. The van der Waals surface area contributed by atoms with Crippen LogP contribution in [0.4, 0.5) is 4.39 Å². The number of benzene rings is 2. The van der Waals surface area contributed by atoms with Gasteiger partial charge in [0.2, 0.25) is 0 Å². The van der Waals surface area contributed by atoms with E-state index in [4.69, 9.17) is 9.47 Å². The second-order valence-electron chi connectivity index (χ2n) is 6.64. The van der Waals surface area contributed by atoms with Crippen molar-refractivity contribution < 1.29 is 33.3 Å². The molecule has 2 aromatic carbocycles. The van der Waals surface area contributed by atoms with E-state index in [0.29, 0.717) is 34.5 Å². The average molecular weight is 427 g/mol. The summed E-state index contributed by atoms with van der Waals surface area (Å²) < 4.78 is 30.6. The van der Waals surface area contributed by atoms with Gasteiger partial charge in [0.25, 0.3) is 5.78 Å². The number of aliphatic hydroxyl groups excluding tert-OH is 1. The van der Waals surface area contributed by atoms with E-state index in [2.05, 4.69) is 4.74 Å². The zero-order chi connectivity index (χ0) is 22.5. The SMILES string of the molecule is CCOC(=O)C(=O)C=C(O)c1cn(Cc2ccc(F)cc2)c2c(OC)cc(OC)cc12. The molecule has 1 N–H and O–H groups in total. The van der Waals surface area contributed by atoms with Crippen LogP contribution in [0.5, 0.6) is 11.5 Å². The van der Waals surface area contributed by atoms with Gasteiger partial charge in [0.1, 0.15) is 23.1 Å². The Hall–Kier alpha value is -3.81. The van der Waals surface area contributed by atoms with E-state index >= 15 is 0 Å². The maximum Gasteiger partial charge on any atom is 0.379 e. The molecule has 0 spiro atoms. The van der Waals surface area contributed by atoms with Gasteiger partial charge in [-0.15, -0.1) is 0 Å². The minimum absolute atomic E-state index is 0.0462. The summed E-state index contributed by atoms with van der Waals surface area (Å²) in [6, 6.07) is 9.40. The third-order valence-corrected chi connectivity index (χ3v) is 4.65. The van der Waals surface area contributed by atoms with Crippen LogP contribution in [0.1, 0.15) is 18.1 Å². The summed E-state index contributed by atoms with van der Waals surface area (Å²) in [6.45, 7) is 1.97. The fourth-order valence-corrected chi connectivity index (χ4v) is 3.23. The van der Waals surface area contributed by atoms with E-state index < -0.39 is 17.5 Å². The number of ether oxygens (including phenoxy) is 3. The Labute approximate surface area is 178 Å². The molecule has 0 saturated heterocycles. The van der Waals surface area contributed by atoms with Gasteiger partial charge in [0.05, 0.1) is 26.3 Å². The molecule has 0 saturated carbocycles. The summed E-state index contributed by atoms with van der Waals surface area (Å²) >= 11 is 0. The molecule has 31 heavy (non-hydrogen) atoms. The third-order valence-electron chi connectivity index (χ3n) is 4.65. The predicted octanol–water partition coefficient (Wildman–Crippen LogP) is 3.88. The zero-order valence-electron chi connectivity index (χ0n) is 17.3. The number of hydrogen-bond donors (Lipinski definition) is 1. The lowest BCUT2D eigenvalue weighted by Crippen LogP contribution is -2.15. The lowest BCUT2D eigenvalue weighted by molar-refractivity contribution is -0.151. The van der Waals surface area contributed by atoms with Crippen LogP contribution in [0.25, 0.3) is 16.7 Å². The number of carbonyl (C=O) groups is 2. The number of carbonyl (C=O) groups excluding carboxylic acids is 2. The highest BCUT2D eigenvalue weighted by Crippen LogP contribution is 2.37. The van der Waals surface area contributed by atoms with Crippen molar-refractivity contribution in [2.45, 2.75) is 13.5 Å². The molecule has 0 radical (unpaired) electrons. The highest BCUT2D eigenvalue weighted by Gasteiger charge is 2.20. The number of esters is 1. The van der Waals surface area contributed by atoms with Gasteiger partial charge in [0, 0.05) is 35.8 Å². The van der Waals surface area contributed by atoms with E-state index in [1.54, 1.807) is 42.0 Å². The highest BCUT2D eigenvalue weighted by molar-refractivity contribution is 6.39. The summed E-state index contributed by atoms with van der Waals surface area (Å²) in [5.41, 5.74) is 1.74. The summed E-state index contributed by atoms with van der Waals surface area (Å²) in [6.07, 6.45) is 2.45. The molecule has 1 aromatic heterocycles. The van der Waals surface area contributed by atoms with Gasteiger partial charge in [-0.05, 0) is 30.7 Å². The number of fused-ring (bicyclic) bond motifs is 1. The van der Waals surface area contributed by atoms with Crippen LogP contribution in [-0.4, -0.2) is 42.3 Å². The van der Waals surface area contributed by atoms with Crippen LogP contribution in [0.15, 0.2) is 48.7 Å². The number of aromatic nitrogens is 1. The van der Waals surface area contributed by atoms with Crippen molar-refractivity contribution in [3.05, 3.63) is 65.6 Å². The molecule has 0 atom stereocenters. The Kier molecular flexibility index (Phi) is 6.59. The van der Waals surface area contributed by atoms with Gasteiger partial charge >= 0.3 is 5.97 Å². The van der Waals surface area contributed by atoms with Crippen LogP contribution in [0.2, 0.25) is 0 Å². The van der Waals surface area contributed by atoms with Crippen LogP contribution >= 0.6 is 0 Å². The van der Waals surface area contributed by atoms with Crippen LogP contribution < -0.4 is 9.47 Å². The number of aliphatic hydroxyl groups is 1. The van der Waals surface area contributed by atoms with Crippen molar-refractivity contribution in [2.24, 2.45) is 0 Å². The molecule has 0 aliphatic heterocycles. The Morgan fingerprint density at radius 2 is 1.84 bits per heavy atom. The molecular formula is C23H22FNO6. The van der Waals surface area contributed by atoms with Gasteiger partial charge in [-0.3, -0.25) is 4.79 Å². The quantitative estimate of drug-likeness (QED) is 0.254.